The van der Waals surface area contributed by atoms with Crippen LogP contribution in [0.15, 0.2) is 18.2 Å². The molecule has 2 unspecified atom stereocenters. The van der Waals surface area contributed by atoms with Gasteiger partial charge in [-0.15, -0.1) is 0 Å². The van der Waals surface area contributed by atoms with Crippen LogP contribution in [0.1, 0.15) is 53.6 Å². The Balaban J connectivity index is 1.78. The van der Waals surface area contributed by atoms with Crippen molar-refractivity contribution in [2.45, 2.75) is 55.9 Å². The van der Waals surface area contributed by atoms with Crippen molar-refractivity contribution in [3.63, 3.8) is 0 Å². The molecule has 1 nitrogen and oxygen atoms in total. The van der Waals surface area contributed by atoms with E-state index < -0.39 is 0 Å². The molecular formula is C16H21BrO. The number of ether oxygens (including phenoxy) is 1. The van der Waals surface area contributed by atoms with Crippen LogP contribution in [0.3, 0.4) is 0 Å². The minimum absolute atomic E-state index is 0.361. The van der Waals surface area contributed by atoms with Crippen molar-refractivity contribution in [1.29, 1.82) is 0 Å². The van der Waals surface area contributed by atoms with Gasteiger partial charge in [-0.2, -0.15) is 0 Å². The third-order valence-electron chi connectivity index (χ3n) is 4.23. The summed E-state index contributed by atoms with van der Waals surface area (Å²) in [5, 5.41) is 0. The summed E-state index contributed by atoms with van der Waals surface area (Å²) in [7, 11) is 0. The summed E-state index contributed by atoms with van der Waals surface area (Å²) < 4.78 is 5.89. The van der Waals surface area contributed by atoms with Gasteiger partial charge in [0.25, 0.3) is 0 Å². The molecule has 1 aliphatic carbocycles. The van der Waals surface area contributed by atoms with Gasteiger partial charge < -0.3 is 4.74 Å². The number of alkyl halides is 1. The minimum Gasteiger partial charge on any atom is -0.377 e. The molecule has 0 saturated carbocycles. The van der Waals surface area contributed by atoms with Gasteiger partial charge in [-0.3, -0.25) is 0 Å². The number of hydrogen-bond donors (Lipinski definition) is 0. The molecule has 0 radical (unpaired) electrons. The second kappa shape index (κ2) is 5.75. The monoisotopic (exact) mass is 308 g/mol. The Kier molecular flexibility index (Phi) is 4.05. The summed E-state index contributed by atoms with van der Waals surface area (Å²) in [6.07, 6.45) is 9.31. The fourth-order valence-corrected chi connectivity index (χ4v) is 3.84. The van der Waals surface area contributed by atoms with Crippen LogP contribution in [-0.2, 0) is 17.6 Å². The molecule has 0 amide bonds. The SMILES string of the molecule is BrC(c1ccc2c(c1)CCCC2)C1CCCCO1. The van der Waals surface area contributed by atoms with E-state index in [0.29, 0.717) is 10.9 Å². The summed E-state index contributed by atoms with van der Waals surface area (Å²) in [5.41, 5.74) is 4.54. The lowest BCUT2D eigenvalue weighted by Crippen LogP contribution is -2.23. The number of benzene rings is 1. The van der Waals surface area contributed by atoms with Crippen LogP contribution in [-0.4, -0.2) is 12.7 Å². The lowest BCUT2D eigenvalue weighted by atomic mass is 9.89. The molecule has 1 aromatic carbocycles. The van der Waals surface area contributed by atoms with Crippen LogP contribution in [0.4, 0.5) is 0 Å². The van der Waals surface area contributed by atoms with Crippen LogP contribution in [0.5, 0.6) is 0 Å². The normalized spacial score (nSPS) is 25.5. The highest BCUT2D eigenvalue weighted by Gasteiger charge is 2.24. The van der Waals surface area contributed by atoms with Gasteiger partial charge in [-0.05, 0) is 61.6 Å². The highest BCUT2D eigenvalue weighted by atomic mass is 79.9. The van der Waals surface area contributed by atoms with Gasteiger partial charge in [0.1, 0.15) is 0 Å². The van der Waals surface area contributed by atoms with Crippen LogP contribution < -0.4 is 0 Å². The average Bonchev–Trinajstić information content (AvgIpc) is 2.47. The summed E-state index contributed by atoms with van der Waals surface area (Å²) in [6, 6.07) is 7.04. The molecule has 1 aromatic rings. The van der Waals surface area contributed by atoms with E-state index >= 15 is 0 Å². The molecule has 3 rings (SSSR count). The first-order valence-electron chi connectivity index (χ1n) is 7.22. The fourth-order valence-electron chi connectivity index (χ4n) is 3.14. The molecule has 0 bridgehead atoms. The number of rotatable bonds is 2. The maximum Gasteiger partial charge on any atom is 0.0740 e. The summed E-state index contributed by atoms with van der Waals surface area (Å²) >= 11 is 3.85. The van der Waals surface area contributed by atoms with Crippen molar-refractivity contribution in [1.82, 2.24) is 0 Å². The Bertz CT molecular complexity index is 410. The molecule has 18 heavy (non-hydrogen) atoms. The highest BCUT2D eigenvalue weighted by Crippen LogP contribution is 2.35. The maximum absolute atomic E-state index is 5.89. The number of hydrogen-bond acceptors (Lipinski definition) is 1. The standard InChI is InChI=1S/C16H21BrO/c17-16(15-7-3-4-10-18-15)14-9-8-12-5-1-2-6-13(12)11-14/h8-9,11,15-16H,1-7,10H2. The second-order valence-electron chi connectivity index (χ2n) is 5.54. The molecule has 0 aromatic heterocycles. The van der Waals surface area contributed by atoms with Gasteiger partial charge in [0.05, 0.1) is 10.9 Å². The molecule has 2 atom stereocenters. The Hall–Kier alpha value is -0.340. The molecule has 98 valence electrons. The molecule has 2 heteroatoms. The van der Waals surface area contributed by atoms with Gasteiger partial charge in [-0.25, -0.2) is 0 Å². The number of aryl methyl sites for hydroxylation is 2. The molecule has 0 spiro atoms. The van der Waals surface area contributed by atoms with E-state index in [-0.39, 0.29) is 0 Å². The second-order valence-corrected chi connectivity index (χ2v) is 6.53. The molecule has 1 heterocycles. The smallest absolute Gasteiger partial charge is 0.0740 e. The van der Waals surface area contributed by atoms with E-state index in [1.807, 2.05) is 0 Å². The van der Waals surface area contributed by atoms with E-state index in [1.54, 1.807) is 11.1 Å². The van der Waals surface area contributed by atoms with Crippen molar-refractivity contribution in [3.05, 3.63) is 34.9 Å². The summed E-state index contributed by atoms with van der Waals surface area (Å²) in [6.45, 7) is 0.928. The summed E-state index contributed by atoms with van der Waals surface area (Å²) in [4.78, 5) is 0.366. The minimum atomic E-state index is 0.361. The van der Waals surface area contributed by atoms with E-state index in [1.165, 1.54) is 50.5 Å². The van der Waals surface area contributed by atoms with E-state index in [9.17, 15) is 0 Å². The predicted molar refractivity (Wildman–Crippen MR) is 78.3 cm³/mol. The lowest BCUT2D eigenvalue weighted by molar-refractivity contribution is 0.0160. The van der Waals surface area contributed by atoms with Crippen molar-refractivity contribution in [2.24, 2.45) is 0 Å². The Morgan fingerprint density at radius 3 is 2.67 bits per heavy atom. The van der Waals surface area contributed by atoms with Gasteiger partial charge in [0.15, 0.2) is 0 Å². The number of fused-ring (bicyclic) bond motifs is 1. The average molecular weight is 309 g/mol. The quantitative estimate of drug-likeness (QED) is 0.727. The van der Waals surface area contributed by atoms with E-state index in [2.05, 4.69) is 34.1 Å². The third-order valence-corrected chi connectivity index (χ3v) is 5.35. The predicted octanol–water partition coefficient (Wildman–Crippen LogP) is 4.57. The van der Waals surface area contributed by atoms with Crippen molar-refractivity contribution < 1.29 is 4.74 Å². The summed E-state index contributed by atoms with van der Waals surface area (Å²) in [5.74, 6) is 0. The van der Waals surface area contributed by atoms with Crippen LogP contribution in [0.25, 0.3) is 0 Å². The van der Waals surface area contributed by atoms with Crippen LogP contribution in [0.2, 0.25) is 0 Å². The zero-order valence-corrected chi connectivity index (χ0v) is 12.4. The van der Waals surface area contributed by atoms with Gasteiger partial charge in [-0.1, -0.05) is 34.1 Å². The number of halogens is 1. The molecule has 1 aliphatic heterocycles. The van der Waals surface area contributed by atoms with Crippen molar-refractivity contribution in [2.75, 3.05) is 6.61 Å². The molecular weight excluding hydrogens is 288 g/mol. The molecule has 2 aliphatic rings. The van der Waals surface area contributed by atoms with Crippen molar-refractivity contribution >= 4 is 15.9 Å². The van der Waals surface area contributed by atoms with Gasteiger partial charge in [0, 0.05) is 6.61 Å². The van der Waals surface area contributed by atoms with E-state index in [4.69, 9.17) is 4.74 Å². The van der Waals surface area contributed by atoms with Crippen LogP contribution in [0, 0.1) is 0 Å². The molecule has 0 N–H and O–H groups in total. The Morgan fingerprint density at radius 1 is 1.06 bits per heavy atom. The van der Waals surface area contributed by atoms with Crippen molar-refractivity contribution in [3.8, 4) is 0 Å². The topological polar surface area (TPSA) is 9.23 Å². The largest absolute Gasteiger partial charge is 0.377 e. The zero-order valence-electron chi connectivity index (χ0n) is 10.8. The molecule has 1 saturated heterocycles. The van der Waals surface area contributed by atoms with Gasteiger partial charge in [0.2, 0.25) is 0 Å². The maximum atomic E-state index is 5.89. The molecule has 1 fully saturated rings. The lowest BCUT2D eigenvalue weighted by Gasteiger charge is -2.28. The first kappa shape index (κ1) is 12.7. The highest BCUT2D eigenvalue weighted by molar-refractivity contribution is 9.09. The zero-order chi connectivity index (χ0) is 12.4. The van der Waals surface area contributed by atoms with Gasteiger partial charge >= 0.3 is 0 Å². The van der Waals surface area contributed by atoms with Crippen LogP contribution >= 0.6 is 15.9 Å². The third kappa shape index (κ3) is 2.65. The van der Waals surface area contributed by atoms with E-state index in [0.717, 1.165) is 6.61 Å². The Labute approximate surface area is 118 Å². The Morgan fingerprint density at radius 2 is 1.89 bits per heavy atom. The first-order valence-corrected chi connectivity index (χ1v) is 8.13. The first-order chi connectivity index (χ1) is 8.84. The fraction of sp³-hybridized carbons (Fsp3) is 0.625.